The molecule has 2 aliphatic rings. The van der Waals surface area contributed by atoms with E-state index in [0.29, 0.717) is 34.9 Å². The predicted octanol–water partition coefficient (Wildman–Crippen LogP) is 23.1. The molecule has 22 rings (SSSR count). The molecule has 0 fully saturated rings. The summed E-state index contributed by atoms with van der Waals surface area (Å²) in [4.78, 5) is 45.2. The lowest BCUT2D eigenvalue weighted by molar-refractivity contribution is 0.669. The fourth-order valence-electron chi connectivity index (χ4n) is 15.1. The van der Waals surface area contributed by atoms with Gasteiger partial charge in [0.15, 0.2) is 34.9 Å². The van der Waals surface area contributed by atoms with Crippen LogP contribution < -0.4 is 9.80 Å². The Labute approximate surface area is 606 Å². The number of hydrogen-bond donors (Lipinski definition) is 0. The standard InChI is InChI=1S/2C46H28N6O/c1-2-13-29(14-3-1)43-48-44(50-45(49-43)36-19-12-18-35-34-17-6-11-24-41(34)53-42(35)36)30-25-27-31(28-26-30)51-38-21-8-4-15-32(38)33-16-5-9-22-39(33)52-40-23-10-7-20-37(40)47-46(51)52;1-2-12-29(13-3-1)43-48-44(50-45(49-43)31-24-27-42-36(28-31)35-16-6-11-21-41(35)53-42)30-22-25-32(26-23-30)51-38-18-8-4-14-33(38)34-15-5-9-19-39(34)52-40-20-10-7-17-37(40)47-46(51)52/h2*1-28H. The molecule has 6 aromatic heterocycles. The molecule has 14 aromatic carbocycles. The van der Waals surface area contributed by atoms with Crippen molar-refractivity contribution in [1.29, 1.82) is 0 Å². The van der Waals surface area contributed by atoms with Crippen LogP contribution in [-0.4, -0.2) is 49.0 Å². The monoisotopic (exact) mass is 1360 g/mol. The van der Waals surface area contributed by atoms with Crippen LogP contribution in [0, 0.1) is 0 Å². The fourth-order valence-corrected chi connectivity index (χ4v) is 15.1. The van der Waals surface area contributed by atoms with Crippen molar-refractivity contribution in [2.75, 3.05) is 9.80 Å². The molecule has 496 valence electrons. The lowest BCUT2D eigenvalue weighted by atomic mass is 10.0. The van der Waals surface area contributed by atoms with Crippen LogP contribution in [0.5, 0.6) is 0 Å². The molecule has 106 heavy (non-hydrogen) atoms. The molecule has 0 radical (unpaired) electrons. The van der Waals surface area contributed by atoms with Gasteiger partial charge in [-0.3, -0.25) is 18.9 Å². The SMILES string of the molecule is c1ccc(-c2nc(-c3ccc(N4c5ccccc5-c5ccccc5-n5c4nc4ccccc45)cc3)nc(-c3ccc4oc5ccccc5c4c3)n2)cc1.c1ccc(-c2nc(-c3ccc(N4c5ccccc5-c5ccccc5-n5c4nc4ccccc45)cc3)nc(-c3cccc4c3oc3ccccc34)n2)cc1. The summed E-state index contributed by atoms with van der Waals surface area (Å²) in [5.74, 6) is 5.17. The number of furan rings is 2. The summed E-state index contributed by atoms with van der Waals surface area (Å²) in [6.45, 7) is 0. The first-order valence-corrected chi connectivity index (χ1v) is 35.1. The van der Waals surface area contributed by atoms with Crippen LogP contribution in [0.1, 0.15) is 0 Å². The van der Waals surface area contributed by atoms with Crippen LogP contribution in [-0.2, 0) is 0 Å². The van der Waals surface area contributed by atoms with Crippen molar-refractivity contribution in [2.45, 2.75) is 0 Å². The first-order chi connectivity index (χ1) is 52.5. The van der Waals surface area contributed by atoms with E-state index in [1.807, 2.05) is 133 Å². The summed E-state index contributed by atoms with van der Waals surface area (Å²) < 4.78 is 17.1. The second kappa shape index (κ2) is 24.5. The van der Waals surface area contributed by atoms with Gasteiger partial charge < -0.3 is 8.83 Å². The van der Waals surface area contributed by atoms with Crippen LogP contribution in [0.3, 0.4) is 0 Å². The molecule has 8 heterocycles. The molecule has 0 unspecified atom stereocenters. The van der Waals surface area contributed by atoms with Crippen molar-refractivity contribution < 1.29 is 8.83 Å². The summed E-state index contributed by atoms with van der Waals surface area (Å²) in [7, 11) is 0. The molecule has 0 aliphatic carbocycles. The molecular weight excluding hydrogens is 1310 g/mol. The minimum atomic E-state index is 0.551. The highest BCUT2D eigenvalue weighted by Gasteiger charge is 2.32. The highest BCUT2D eigenvalue weighted by molar-refractivity contribution is 6.10. The van der Waals surface area contributed by atoms with Gasteiger partial charge in [0.2, 0.25) is 11.9 Å². The number of para-hydroxylation sites is 11. The topological polar surface area (TPSA) is 146 Å². The zero-order valence-electron chi connectivity index (χ0n) is 56.5. The molecule has 0 amide bonds. The number of benzene rings is 14. The predicted molar refractivity (Wildman–Crippen MR) is 423 cm³/mol. The number of nitrogens with zero attached hydrogens (tertiary/aromatic N) is 12. The van der Waals surface area contributed by atoms with E-state index < -0.39 is 0 Å². The summed E-state index contributed by atoms with van der Waals surface area (Å²) >= 11 is 0. The van der Waals surface area contributed by atoms with Crippen molar-refractivity contribution in [1.82, 2.24) is 49.0 Å². The average molecular weight is 1360 g/mol. The molecule has 0 atom stereocenters. The number of imidazole rings is 2. The van der Waals surface area contributed by atoms with Crippen LogP contribution in [0.15, 0.2) is 349 Å². The maximum Gasteiger partial charge on any atom is 0.220 e. The van der Waals surface area contributed by atoms with E-state index in [-0.39, 0.29) is 0 Å². The second-order valence-electron chi connectivity index (χ2n) is 26.2. The molecule has 0 spiro atoms. The Morgan fingerprint density at radius 1 is 0.217 bits per heavy atom. The van der Waals surface area contributed by atoms with E-state index in [9.17, 15) is 0 Å². The van der Waals surface area contributed by atoms with Gasteiger partial charge in [-0.1, -0.05) is 206 Å². The summed E-state index contributed by atoms with van der Waals surface area (Å²) in [6, 6.07) is 116. The van der Waals surface area contributed by atoms with Crippen molar-refractivity contribution in [3.8, 4) is 102 Å². The Hall–Kier alpha value is -14.8. The third kappa shape index (κ3) is 9.95. The fraction of sp³-hybridized carbons (Fsp3) is 0. The van der Waals surface area contributed by atoms with Crippen LogP contribution in [0.4, 0.5) is 34.6 Å². The van der Waals surface area contributed by atoms with Gasteiger partial charge in [0.1, 0.15) is 22.3 Å². The second-order valence-corrected chi connectivity index (χ2v) is 26.2. The number of aromatic nitrogens is 10. The van der Waals surface area contributed by atoms with E-state index in [4.69, 9.17) is 48.7 Å². The number of rotatable bonds is 8. The lowest BCUT2D eigenvalue weighted by Gasteiger charge is -2.24. The van der Waals surface area contributed by atoms with E-state index in [0.717, 1.165) is 168 Å². The van der Waals surface area contributed by atoms with Gasteiger partial charge in [0, 0.05) is 83.0 Å². The summed E-state index contributed by atoms with van der Waals surface area (Å²) in [5, 5.41) is 4.17. The largest absolute Gasteiger partial charge is 0.456 e. The first kappa shape index (κ1) is 60.0. The molecule has 20 aromatic rings. The normalized spacial score (nSPS) is 12.1. The van der Waals surface area contributed by atoms with Gasteiger partial charge in [0.25, 0.3) is 0 Å². The van der Waals surface area contributed by atoms with E-state index in [1.54, 1.807) is 0 Å². The van der Waals surface area contributed by atoms with Crippen molar-refractivity contribution in [3.05, 3.63) is 340 Å². The molecule has 14 heteroatoms. The molecule has 0 N–H and O–H groups in total. The smallest absolute Gasteiger partial charge is 0.220 e. The van der Waals surface area contributed by atoms with Crippen LogP contribution >= 0.6 is 0 Å². The van der Waals surface area contributed by atoms with Crippen molar-refractivity contribution in [3.63, 3.8) is 0 Å². The Kier molecular flexibility index (Phi) is 13.9. The molecule has 2 aliphatic heterocycles. The zero-order chi connectivity index (χ0) is 69.8. The highest BCUT2D eigenvalue weighted by Crippen LogP contribution is 2.50. The molecular formula is C92H56N12O2. The number of hydrogen-bond acceptors (Lipinski definition) is 12. The Morgan fingerprint density at radius 2 is 0.566 bits per heavy atom. The average Bonchev–Trinajstić information content (AvgIpc) is 1.58. The molecule has 0 saturated carbocycles. The van der Waals surface area contributed by atoms with E-state index in [1.165, 1.54) is 0 Å². The highest BCUT2D eigenvalue weighted by atomic mass is 16.3. The van der Waals surface area contributed by atoms with Gasteiger partial charge in [0.05, 0.1) is 50.4 Å². The quantitative estimate of drug-likeness (QED) is 0.143. The molecule has 0 bridgehead atoms. The Balaban J connectivity index is 0.000000136. The maximum atomic E-state index is 6.41. The van der Waals surface area contributed by atoms with Crippen LogP contribution in [0.25, 0.3) is 168 Å². The lowest BCUT2D eigenvalue weighted by Crippen LogP contribution is -2.14. The Morgan fingerprint density at radius 3 is 1.08 bits per heavy atom. The maximum absolute atomic E-state index is 6.41. The van der Waals surface area contributed by atoms with Gasteiger partial charge in [-0.2, -0.15) is 0 Å². The number of anilines is 6. The Bertz CT molecular complexity index is 6850. The van der Waals surface area contributed by atoms with Crippen molar-refractivity contribution >= 4 is 101 Å². The van der Waals surface area contributed by atoms with Gasteiger partial charge in [-0.15, -0.1) is 0 Å². The third-order valence-corrected chi connectivity index (χ3v) is 20.0. The van der Waals surface area contributed by atoms with E-state index in [2.05, 4.69) is 225 Å². The van der Waals surface area contributed by atoms with E-state index >= 15 is 0 Å². The number of fused-ring (bicyclic) bond motifs is 20. The van der Waals surface area contributed by atoms with Gasteiger partial charge >= 0.3 is 0 Å². The van der Waals surface area contributed by atoms with Crippen LogP contribution in [0.2, 0.25) is 0 Å². The summed E-state index contributed by atoms with van der Waals surface area (Å²) in [6.07, 6.45) is 0. The van der Waals surface area contributed by atoms with Gasteiger partial charge in [-0.25, -0.2) is 39.9 Å². The summed E-state index contributed by atoms with van der Waals surface area (Å²) in [5.41, 5.74) is 23.3. The first-order valence-electron chi connectivity index (χ1n) is 35.1. The third-order valence-electron chi connectivity index (χ3n) is 20.0. The van der Waals surface area contributed by atoms with Crippen molar-refractivity contribution in [2.24, 2.45) is 0 Å². The minimum Gasteiger partial charge on any atom is -0.456 e. The minimum absolute atomic E-state index is 0.551. The van der Waals surface area contributed by atoms with Gasteiger partial charge in [-0.05, 0) is 133 Å². The zero-order valence-corrected chi connectivity index (χ0v) is 56.5. The molecule has 0 saturated heterocycles. The molecule has 14 nitrogen and oxygen atoms in total.